The van der Waals surface area contributed by atoms with E-state index in [1.54, 1.807) is 14.1 Å². The molecule has 7 nitrogen and oxygen atoms in total. The Bertz CT molecular complexity index is 1090. The number of nitrogens with one attached hydrogen (secondary N) is 2. The highest BCUT2D eigenvalue weighted by atomic mass is 32.2. The van der Waals surface area contributed by atoms with Crippen molar-refractivity contribution in [3.8, 4) is 0 Å². The van der Waals surface area contributed by atoms with Crippen LogP contribution in [0.25, 0.3) is 0 Å². The molecule has 0 aliphatic heterocycles. The van der Waals surface area contributed by atoms with Crippen LogP contribution in [0.3, 0.4) is 0 Å². The first-order valence-corrected chi connectivity index (χ1v) is 13.2. The highest BCUT2D eigenvalue weighted by Crippen LogP contribution is 2.39. The van der Waals surface area contributed by atoms with Gasteiger partial charge in [0.05, 0.1) is 10.5 Å². The van der Waals surface area contributed by atoms with Gasteiger partial charge in [-0.15, -0.1) is 11.3 Å². The van der Waals surface area contributed by atoms with Crippen LogP contribution in [0.5, 0.6) is 0 Å². The molecular formula is C23H31N3O4S2. The lowest BCUT2D eigenvalue weighted by molar-refractivity contribution is 0.0963. The van der Waals surface area contributed by atoms with Gasteiger partial charge in [-0.05, 0) is 61.4 Å². The molecule has 0 unspecified atom stereocenters. The molecule has 32 heavy (non-hydrogen) atoms. The number of carbonyl (C=O) groups is 2. The SMILES string of the molecule is CCCCN(C)S(=O)(=O)c1ccc(C(=O)Nc2sc3c(c2C(=O)NC)CC[C@@H](C)C3)cc1. The number of unbranched alkanes of at least 4 members (excludes halogenated alkanes) is 1. The maximum atomic E-state index is 12.9. The normalized spacial score (nSPS) is 16.0. The molecule has 0 saturated carbocycles. The molecule has 1 atom stereocenters. The first-order valence-electron chi connectivity index (χ1n) is 10.9. The molecule has 0 bridgehead atoms. The number of hydrogen-bond donors (Lipinski definition) is 2. The molecule has 0 radical (unpaired) electrons. The van der Waals surface area contributed by atoms with Crippen molar-refractivity contribution in [2.75, 3.05) is 26.0 Å². The van der Waals surface area contributed by atoms with Gasteiger partial charge in [0, 0.05) is 31.1 Å². The van der Waals surface area contributed by atoms with E-state index < -0.39 is 10.0 Å². The van der Waals surface area contributed by atoms with E-state index in [2.05, 4.69) is 17.6 Å². The fourth-order valence-corrected chi connectivity index (χ4v) is 6.45. The highest BCUT2D eigenvalue weighted by molar-refractivity contribution is 7.89. The summed E-state index contributed by atoms with van der Waals surface area (Å²) in [6, 6.07) is 5.91. The lowest BCUT2D eigenvalue weighted by atomic mass is 9.88. The molecule has 9 heteroatoms. The lowest BCUT2D eigenvalue weighted by Gasteiger charge is -2.18. The van der Waals surface area contributed by atoms with Crippen LogP contribution in [0, 0.1) is 5.92 Å². The van der Waals surface area contributed by atoms with Crippen LogP contribution in [-0.2, 0) is 22.9 Å². The first-order chi connectivity index (χ1) is 15.2. The second-order valence-electron chi connectivity index (χ2n) is 8.29. The average Bonchev–Trinajstić information content (AvgIpc) is 3.13. The van der Waals surface area contributed by atoms with Gasteiger partial charge < -0.3 is 10.6 Å². The Balaban J connectivity index is 1.82. The van der Waals surface area contributed by atoms with Crippen LogP contribution in [-0.4, -0.2) is 45.2 Å². The number of hydrogen-bond acceptors (Lipinski definition) is 5. The minimum atomic E-state index is -3.59. The third-order valence-electron chi connectivity index (χ3n) is 5.84. The Morgan fingerprint density at radius 1 is 1.19 bits per heavy atom. The minimum Gasteiger partial charge on any atom is -0.355 e. The molecular weight excluding hydrogens is 446 g/mol. The summed E-state index contributed by atoms with van der Waals surface area (Å²) in [5.41, 5.74) is 1.91. The lowest BCUT2D eigenvalue weighted by Crippen LogP contribution is -2.28. The van der Waals surface area contributed by atoms with Gasteiger partial charge in [0.25, 0.3) is 11.8 Å². The van der Waals surface area contributed by atoms with Gasteiger partial charge >= 0.3 is 0 Å². The summed E-state index contributed by atoms with van der Waals surface area (Å²) in [6.07, 6.45) is 4.43. The molecule has 2 aromatic rings. The van der Waals surface area contributed by atoms with Crippen molar-refractivity contribution in [3.05, 3.63) is 45.8 Å². The molecule has 0 saturated heterocycles. The minimum absolute atomic E-state index is 0.152. The Morgan fingerprint density at radius 3 is 2.50 bits per heavy atom. The number of sulfonamides is 1. The number of carbonyl (C=O) groups excluding carboxylic acids is 2. The maximum Gasteiger partial charge on any atom is 0.256 e. The van der Waals surface area contributed by atoms with E-state index in [1.807, 2.05) is 6.92 Å². The van der Waals surface area contributed by atoms with Crippen molar-refractivity contribution < 1.29 is 18.0 Å². The van der Waals surface area contributed by atoms with E-state index in [0.717, 1.165) is 42.5 Å². The Kier molecular flexibility index (Phi) is 7.74. The first kappa shape index (κ1) is 24.4. The van der Waals surface area contributed by atoms with E-state index >= 15 is 0 Å². The zero-order valence-corrected chi connectivity index (χ0v) is 20.7. The molecule has 0 fully saturated rings. The summed E-state index contributed by atoms with van der Waals surface area (Å²) >= 11 is 1.46. The van der Waals surface area contributed by atoms with Crippen LogP contribution in [0.2, 0.25) is 0 Å². The molecule has 0 spiro atoms. The number of thiophene rings is 1. The molecule has 1 aliphatic rings. The molecule has 2 N–H and O–H groups in total. The summed E-state index contributed by atoms with van der Waals surface area (Å²) in [5.74, 6) is -0.0267. The predicted octanol–water partition coefficient (Wildman–Crippen LogP) is 3.91. The van der Waals surface area contributed by atoms with E-state index in [-0.39, 0.29) is 16.7 Å². The summed E-state index contributed by atoms with van der Waals surface area (Å²) < 4.78 is 26.7. The molecule has 1 aromatic heterocycles. The zero-order valence-electron chi connectivity index (χ0n) is 19.0. The number of nitrogens with zero attached hydrogens (tertiary/aromatic N) is 1. The molecule has 1 aliphatic carbocycles. The second-order valence-corrected chi connectivity index (χ2v) is 11.4. The van der Waals surface area contributed by atoms with Crippen molar-refractivity contribution >= 4 is 38.2 Å². The van der Waals surface area contributed by atoms with Gasteiger partial charge in [-0.25, -0.2) is 12.7 Å². The third kappa shape index (κ3) is 5.05. The summed E-state index contributed by atoms with van der Waals surface area (Å²) in [5, 5.41) is 6.10. The van der Waals surface area contributed by atoms with Crippen LogP contribution >= 0.6 is 11.3 Å². The number of anilines is 1. The van der Waals surface area contributed by atoms with Crippen molar-refractivity contribution in [2.45, 2.75) is 50.8 Å². The van der Waals surface area contributed by atoms with E-state index in [1.165, 1.54) is 39.9 Å². The van der Waals surface area contributed by atoms with Crippen molar-refractivity contribution in [3.63, 3.8) is 0 Å². The molecule has 2 amide bonds. The van der Waals surface area contributed by atoms with Crippen molar-refractivity contribution in [1.82, 2.24) is 9.62 Å². The largest absolute Gasteiger partial charge is 0.355 e. The number of amides is 2. The summed E-state index contributed by atoms with van der Waals surface area (Å²) in [6.45, 7) is 4.65. The van der Waals surface area contributed by atoms with Crippen LogP contribution in [0.4, 0.5) is 5.00 Å². The van der Waals surface area contributed by atoms with Gasteiger partial charge in [0.1, 0.15) is 5.00 Å². The maximum absolute atomic E-state index is 12.9. The van der Waals surface area contributed by atoms with Crippen molar-refractivity contribution in [1.29, 1.82) is 0 Å². The second kappa shape index (κ2) is 10.1. The monoisotopic (exact) mass is 477 g/mol. The smallest absolute Gasteiger partial charge is 0.256 e. The van der Waals surface area contributed by atoms with Gasteiger partial charge in [0.15, 0.2) is 0 Å². The van der Waals surface area contributed by atoms with Crippen LogP contribution in [0.1, 0.15) is 64.3 Å². The van der Waals surface area contributed by atoms with E-state index in [0.29, 0.717) is 28.6 Å². The molecule has 1 heterocycles. The average molecular weight is 478 g/mol. The summed E-state index contributed by atoms with van der Waals surface area (Å²) in [7, 11) is -0.446. The Morgan fingerprint density at radius 2 is 1.88 bits per heavy atom. The number of rotatable bonds is 8. The topological polar surface area (TPSA) is 95.6 Å². The molecule has 174 valence electrons. The predicted molar refractivity (Wildman–Crippen MR) is 128 cm³/mol. The fraction of sp³-hybridized carbons (Fsp3) is 0.478. The Labute approximate surface area is 194 Å². The highest BCUT2D eigenvalue weighted by Gasteiger charge is 2.28. The molecule has 3 rings (SSSR count). The van der Waals surface area contributed by atoms with Gasteiger partial charge in [0.2, 0.25) is 10.0 Å². The standard InChI is InChI=1S/C23H31N3O4S2/c1-5-6-13-26(4)32(29,30)17-10-8-16(9-11-17)21(27)25-23-20(22(28)24-3)18-12-7-15(2)14-19(18)31-23/h8-11,15H,5-7,12-14H2,1-4H3,(H,24,28)(H,25,27)/t15-/m1/s1. The quantitative estimate of drug-likeness (QED) is 0.603. The van der Waals surface area contributed by atoms with Gasteiger partial charge in [-0.1, -0.05) is 20.3 Å². The van der Waals surface area contributed by atoms with Crippen LogP contribution < -0.4 is 10.6 Å². The number of benzene rings is 1. The van der Waals surface area contributed by atoms with E-state index in [9.17, 15) is 18.0 Å². The van der Waals surface area contributed by atoms with E-state index in [4.69, 9.17) is 0 Å². The summed E-state index contributed by atoms with van der Waals surface area (Å²) in [4.78, 5) is 26.7. The van der Waals surface area contributed by atoms with Crippen molar-refractivity contribution in [2.24, 2.45) is 5.92 Å². The van der Waals surface area contributed by atoms with Crippen LogP contribution in [0.15, 0.2) is 29.2 Å². The zero-order chi connectivity index (χ0) is 23.5. The fourth-order valence-electron chi connectivity index (χ4n) is 3.84. The van der Waals surface area contributed by atoms with Gasteiger partial charge in [-0.3, -0.25) is 9.59 Å². The third-order valence-corrected chi connectivity index (χ3v) is 8.88. The number of fused-ring (bicyclic) bond motifs is 1. The van der Waals surface area contributed by atoms with Gasteiger partial charge in [-0.2, -0.15) is 0 Å². The molecule has 1 aromatic carbocycles. The Hall–Kier alpha value is -2.23.